The molecule has 0 aliphatic rings. The van der Waals surface area contributed by atoms with Crippen LogP contribution < -0.4 is 10.0 Å². The highest BCUT2D eigenvalue weighted by atomic mass is 32.2. The number of sulfonamides is 1. The fourth-order valence-corrected chi connectivity index (χ4v) is 5.92. The number of benzene rings is 2. The van der Waals surface area contributed by atoms with Crippen LogP contribution in [0, 0.1) is 0 Å². The Morgan fingerprint density at radius 1 is 1.19 bits per heavy atom. The molecule has 2 heterocycles. The minimum absolute atomic E-state index is 0.141. The summed E-state index contributed by atoms with van der Waals surface area (Å²) in [5, 5.41) is 4.34. The quantitative estimate of drug-likeness (QED) is 0.345. The Kier molecular flexibility index (Phi) is 5.72. The van der Waals surface area contributed by atoms with Crippen molar-refractivity contribution in [3.05, 3.63) is 53.7 Å². The van der Waals surface area contributed by atoms with Gasteiger partial charge in [-0.05, 0) is 42.2 Å². The average molecular weight is 471 g/mol. The molecule has 0 saturated carbocycles. The summed E-state index contributed by atoms with van der Waals surface area (Å²) in [7, 11) is -3.40. The molecule has 9 heteroatoms. The third kappa shape index (κ3) is 3.98. The van der Waals surface area contributed by atoms with E-state index in [1.54, 1.807) is 6.07 Å². The van der Waals surface area contributed by atoms with Crippen LogP contribution in [0.5, 0.6) is 0 Å². The van der Waals surface area contributed by atoms with Gasteiger partial charge in [-0.3, -0.25) is 9.52 Å². The second kappa shape index (κ2) is 8.22. The SMILES string of the molecule is CCC(CC)(c1ccc2sc(NC(C)=O)nc2c1)c1c[nH]c2c(NS(C)(=O)=O)cccc12. The molecule has 2 aromatic heterocycles. The lowest BCUT2D eigenvalue weighted by Gasteiger charge is -2.32. The molecule has 0 aliphatic heterocycles. The van der Waals surface area contributed by atoms with E-state index in [0.717, 1.165) is 51.3 Å². The summed E-state index contributed by atoms with van der Waals surface area (Å²) >= 11 is 1.45. The predicted molar refractivity (Wildman–Crippen MR) is 132 cm³/mol. The zero-order valence-corrected chi connectivity index (χ0v) is 20.1. The van der Waals surface area contributed by atoms with Crippen molar-refractivity contribution in [3.8, 4) is 0 Å². The molecule has 4 rings (SSSR count). The van der Waals surface area contributed by atoms with Crippen molar-refractivity contribution < 1.29 is 13.2 Å². The van der Waals surface area contributed by atoms with Crippen molar-refractivity contribution in [3.63, 3.8) is 0 Å². The van der Waals surface area contributed by atoms with Crippen molar-refractivity contribution in [2.24, 2.45) is 0 Å². The van der Waals surface area contributed by atoms with Crippen LogP contribution in [0.25, 0.3) is 21.1 Å². The molecule has 168 valence electrons. The number of H-pyrrole nitrogens is 1. The minimum atomic E-state index is -3.40. The van der Waals surface area contributed by atoms with E-state index in [2.05, 4.69) is 52.1 Å². The van der Waals surface area contributed by atoms with Crippen LogP contribution >= 0.6 is 11.3 Å². The molecular weight excluding hydrogens is 444 g/mol. The van der Waals surface area contributed by atoms with Crippen LogP contribution in [0.1, 0.15) is 44.7 Å². The number of para-hydroxylation sites is 1. The van der Waals surface area contributed by atoms with E-state index in [1.165, 1.54) is 18.3 Å². The van der Waals surface area contributed by atoms with Crippen LogP contribution in [0.4, 0.5) is 10.8 Å². The number of thiazole rings is 1. The molecule has 0 aliphatic carbocycles. The predicted octanol–water partition coefficient (Wildman–Crippen LogP) is 5.21. The second-order valence-electron chi connectivity index (χ2n) is 7.98. The van der Waals surface area contributed by atoms with E-state index < -0.39 is 10.0 Å². The Balaban J connectivity index is 1.86. The number of hydrogen-bond acceptors (Lipinski definition) is 5. The number of hydrogen-bond donors (Lipinski definition) is 3. The van der Waals surface area contributed by atoms with Gasteiger partial charge in [0, 0.05) is 23.9 Å². The minimum Gasteiger partial charge on any atom is -0.359 e. The maximum Gasteiger partial charge on any atom is 0.229 e. The topological polar surface area (TPSA) is 104 Å². The van der Waals surface area contributed by atoms with Crippen LogP contribution in [-0.4, -0.2) is 30.5 Å². The Hall–Kier alpha value is -2.91. The van der Waals surface area contributed by atoms with Crippen LogP contribution in [0.15, 0.2) is 42.6 Å². The van der Waals surface area contributed by atoms with Gasteiger partial charge in [0.05, 0.1) is 27.7 Å². The van der Waals surface area contributed by atoms with Crippen LogP contribution in [0.3, 0.4) is 0 Å². The number of nitrogens with zero attached hydrogens (tertiary/aromatic N) is 1. The summed E-state index contributed by atoms with van der Waals surface area (Å²) in [6.07, 6.45) is 4.85. The van der Waals surface area contributed by atoms with Gasteiger partial charge in [0.1, 0.15) is 0 Å². The first-order valence-corrected chi connectivity index (χ1v) is 13.1. The van der Waals surface area contributed by atoms with Gasteiger partial charge in [0.15, 0.2) is 5.13 Å². The van der Waals surface area contributed by atoms with E-state index in [-0.39, 0.29) is 11.3 Å². The van der Waals surface area contributed by atoms with Gasteiger partial charge < -0.3 is 10.3 Å². The Morgan fingerprint density at radius 2 is 1.94 bits per heavy atom. The highest BCUT2D eigenvalue weighted by molar-refractivity contribution is 7.92. The van der Waals surface area contributed by atoms with E-state index in [4.69, 9.17) is 0 Å². The summed E-state index contributed by atoms with van der Waals surface area (Å²) in [5.41, 5.74) is 4.12. The molecule has 0 bridgehead atoms. The number of carbonyl (C=O) groups excluding carboxylic acids is 1. The largest absolute Gasteiger partial charge is 0.359 e. The smallest absolute Gasteiger partial charge is 0.229 e. The van der Waals surface area contributed by atoms with Crippen molar-refractivity contribution in [1.82, 2.24) is 9.97 Å². The molecule has 0 unspecified atom stereocenters. The number of aromatic amines is 1. The maximum absolute atomic E-state index is 11.8. The molecule has 7 nitrogen and oxygen atoms in total. The van der Waals surface area contributed by atoms with Crippen LogP contribution in [-0.2, 0) is 20.2 Å². The third-order valence-electron chi connectivity index (χ3n) is 5.96. The zero-order valence-electron chi connectivity index (χ0n) is 18.4. The van der Waals surface area contributed by atoms with Gasteiger partial charge in [0.2, 0.25) is 15.9 Å². The Labute approximate surface area is 191 Å². The molecule has 0 fully saturated rings. The van der Waals surface area contributed by atoms with Crippen molar-refractivity contribution in [1.29, 1.82) is 0 Å². The highest BCUT2D eigenvalue weighted by Crippen LogP contribution is 2.44. The number of amides is 1. The van der Waals surface area contributed by atoms with Gasteiger partial charge in [0.25, 0.3) is 0 Å². The zero-order chi connectivity index (χ0) is 23.1. The Morgan fingerprint density at radius 3 is 2.59 bits per heavy atom. The molecular formula is C23H26N4O3S2. The number of nitrogens with one attached hydrogen (secondary N) is 3. The van der Waals surface area contributed by atoms with Crippen LogP contribution in [0.2, 0.25) is 0 Å². The average Bonchev–Trinajstić information content (AvgIpc) is 3.32. The molecule has 0 atom stereocenters. The second-order valence-corrected chi connectivity index (χ2v) is 10.8. The van der Waals surface area contributed by atoms with Gasteiger partial charge in [-0.25, -0.2) is 13.4 Å². The molecule has 0 radical (unpaired) electrons. The monoisotopic (exact) mass is 470 g/mol. The van der Waals surface area contributed by atoms with E-state index in [9.17, 15) is 13.2 Å². The summed E-state index contributed by atoms with van der Waals surface area (Å²) < 4.78 is 27.3. The van der Waals surface area contributed by atoms with Crippen molar-refractivity contribution in [2.75, 3.05) is 16.3 Å². The summed E-state index contributed by atoms with van der Waals surface area (Å²) in [5.74, 6) is -0.141. The van der Waals surface area contributed by atoms with E-state index in [1.807, 2.05) is 18.3 Å². The molecule has 4 aromatic rings. The third-order valence-corrected chi connectivity index (χ3v) is 7.50. The molecule has 2 aromatic carbocycles. The van der Waals surface area contributed by atoms with Crippen molar-refractivity contribution >= 4 is 59.2 Å². The Bertz CT molecular complexity index is 1420. The van der Waals surface area contributed by atoms with Gasteiger partial charge >= 0.3 is 0 Å². The molecule has 3 N–H and O–H groups in total. The van der Waals surface area contributed by atoms with Gasteiger partial charge in [-0.1, -0.05) is 43.4 Å². The first-order valence-electron chi connectivity index (χ1n) is 10.4. The number of carbonyl (C=O) groups is 1. The molecule has 0 saturated heterocycles. The maximum atomic E-state index is 11.8. The lowest BCUT2D eigenvalue weighted by molar-refractivity contribution is -0.114. The molecule has 0 spiro atoms. The lowest BCUT2D eigenvalue weighted by atomic mass is 9.70. The lowest BCUT2D eigenvalue weighted by Crippen LogP contribution is -2.25. The summed E-state index contributed by atoms with van der Waals surface area (Å²) in [6.45, 7) is 5.80. The first-order chi connectivity index (χ1) is 15.2. The fourth-order valence-electron chi connectivity index (χ4n) is 4.46. The van der Waals surface area contributed by atoms with E-state index in [0.29, 0.717) is 10.8 Å². The van der Waals surface area contributed by atoms with Gasteiger partial charge in [-0.2, -0.15) is 0 Å². The first kappa shape index (κ1) is 22.3. The normalized spacial score (nSPS) is 12.4. The molecule has 1 amide bonds. The number of aromatic nitrogens is 2. The summed E-state index contributed by atoms with van der Waals surface area (Å²) in [4.78, 5) is 19.3. The van der Waals surface area contributed by atoms with Crippen molar-refractivity contribution in [2.45, 2.75) is 39.0 Å². The summed E-state index contributed by atoms with van der Waals surface area (Å²) in [6, 6.07) is 11.9. The number of fused-ring (bicyclic) bond motifs is 2. The number of anilines is 2. The molecule has 32 heavy (non-hydrogen) atoms. The number of rotatable bonds is 7. The van der Waals surface area contributed by atoms with Gasteiger partial charge in [-0.15, -0.1) is 0 Å². The standard InChI is InChI=1S/C23H26N4O3S2/c1-5-23(6-2,15-10-11-20-19(12-15)26-22(31-20)25-14(3)28)17-13-24-21-16(17)8-7-9-18(21)27-32(4,29)30/h7-13,24,27H,5-6H2,1-4H3,(H,25,26,28). The highest BCUT2D eigenvalue weighted by Gasteiger charge is 2.34. The fraction of sp³-hybridized carbons (Fsp3) is 0.304. The van der Waals surface area contributed by atoms with E-state index >= 15 is 0 Å².